The fourth-order valence-corrected chi connectivity index (χ4v) is 5.29. The van der Waals surface area contributed by atoms with Gasteiger partial charge in [0.2, 0.25) is 11.8 Å². The summed E-state index contributed by atoms with van der Waals surface area (Å²) < 4.78 is 0. The Morgan fingerprint density at radius 1 is 0.889 bits per heavy atom. The molecule has 0 heterocycles. The zero-order valence-electron chi connectivity index (χ0n) is 19.6. The number of carbonyl (C=O) groups is 2. The van der Waals surface area contributed by atoms with E-state index in [2.05, 4.69) is 5.32 Å². The van der Waals surface area contributed by atoms with Gasteiger partial charge in [0.1, 0.15) is 6.04 Å². The van der Waals surface area contributed by atoms with Gasteiger partial charge in [-0.15, -0.1) is 11.8 Å². The zero-order chi connectivity index (χ0) is 26.1. The first-order valence-electron chi connectivity index (χ1n) is 11.3. The Morgan fingerprint density at radius 3 is 2.31 bits per heavy atom. The smallest absolute Gasteiger partial charge is 0.243 e. The highest BCUT2D eigenvalue weighted by atomic mass is 35.5. The number of carbonyl (C=O) groups excluding carboxylic acids is 2. The second-order valence-electron chi connectivity index (χ2n) is 8.10. The molecule has 3 rings (SSSR count). The number of halogens is 4. The van der Waals surface area contributed by atoms with Crippen molar-refractivity contribution in [1.82, 2.24) is 10.2 Å². The minimum atomic E-state index is -0.711. The number of hydrogen-bond donors (Lipinski definition) is 1. The molecule has 2 amide bonds. The van der Waals surface area contributed by atoms with Crippen LogP contribution in [0.3, 0.4) is 0 Å². The maximum absolute atomic E-state index is 13.6. The molecule has 9 heteroatoms. The summed E-state index contributed by atoms with van der Waals surface area (Å²) in [5, 5.41) is 4.79. The molecule has 190 valence electrons. The summed E-state index contributed by atoms with van der Waals surface area (Å²) in [6.45, 7) is 2.49. The van der Waals surface area contributed by atoms with Crippen molar-refractivity contribution < 1.29 is 9.59 Å². The summed E-state index contributed by atoms with van der Waals surface area (Å²) in [6.07, 6.45) is 0.376. The first-order valence-corrected chi connectivity index (χ1v) is 14.0. The molecule has 0 fully saturated rings. The number of nitrogens with one attached hydrogen (secondary N) is 1. The first-order chi connectivity index (χ1) is 17.3. The third-order valence-electron chi connectivity index (χ3n) is 5.46. The molecule has 1 atom stereocenters. The van der Waals surface area contributed by atoms with E-state index >= 15 is 0 Å². The van der Waals surface area contributed by atoms with Crippen LogP contribution in [0.1, 0.15) is 23.6 Å². The number of rotatable bonds is 11. The van der Waals surface area contributed by atoms with Crippen LogP contribution in [0.25, 0.3) is 0 Å². The fraction of sp³-hybridized carbons (Fsp3) is 0.259. The highest BCUT2D eigenvalue weighted by molar-refractivity contribution is 7.99. The topological polar surface area (TPSA) is 49.4 Å². The molecule has 3 aromatic carbocycles. The van der Waals surface area contributed by atoms with Crippen molar-refractivity contribution in [3.8, 4) is 0 Å². The van der Waals surface area contributed by atoms with Crippen molar-refractivity contribution in [3.63, 3.8) is 0 Å². The minimum absolute atomic E-state index is 0.168. The molecule has 0 radical (unpaired) electrons. The SMILES string of the molecule is CCNC(=O)[C@H](Cc1ccccc1)N(Cc1ccc(Cl)cc1Cl)C(=O)CSCc1ccc(Cl)c(Cl)c1. The highest BCUT2D eigenvalue weighted by Gasteiger charge is 2.30. The lowest BCUT2D eigenvalue weighted by Gasteiger charge is -2.31. The Balaban J connectivity index is 1.85. The lowest BCUT2D eigenvalue weighted by molar-refractivity contribution is -0.139. The Labute approximate surface area is 236 Å². The van der Waals surface area contributed by atoms with E-state index in [1.54, 1.807) is 35.2 Å². The Hall–Kier alpha value is -1.89. The van der Waals surface area contributed by atoms with Crippen molar-refractivity contribution in [2.45, 2.75) is 31.7 Å². The van der Waals surface area contributed by atoms with Gasteiger partial charge < -0.3 is 10.2 Å². The van der Waals surface area contributed by atoms with Gasteiger partial charge in [-0.25, -0.2) is 0 Å². The summed E-state index contributed by atoms with van der Waals surface area (Å²) in [4.78, 5) is 28.4. The molecule has 4 nitrogen and oxygen atoms in total. The van der Waals surface area contributed by atoms with Crippen molar-refractivity contribution in [1.29, 1.82) is 0 Å². The van der Waals surface area contributed by atoms with Gasteiger partial charge in [0, 0.05) is 35.3 Å². The van der Waals surface area contributed by atoms with Crippen LogP contribution in [0.5, 0.6) is 0 Å². The number of benzene rings is 3. The van der Waals surface area contributed by atoms with E-state index in [-0.39, 0.29) is 24.1 Å². The van der Waals surface area contributed by atoms with Gasteiger partial charge in [0.25, 0.3) is 0 Å². The van der Waals surface area contributed by atoms with Gasteiger partial charge in [-0.1, -0.05) is 88.9 Å². The fourth-order valence-electron chi connectivity index (χ4n) is 3.65. The summed E-state index contributed by atoms with van der Waals surface area (Å²) >= 11 is 26.1. The van der Waals surface area contributed by atoms with E-state index in [9.17, 15) is 9.59 Å². The predicted octanol–water partition coefficient (Wildman–Crippen LogP) is 7.31. The van der Waals surface area contributed by atoms with E-state index in [0.29, 0.717) is 44.4 Å². The normalized spacial score (nSPS) is 11.7. The molecule has 0 bridgehead atoms. The molecule has 0 aliphatic rings. The Bertz CT molecular complexity index is 1190. The average Bonchev–Trinajstić information content (AvgIpc) is 2.85. The summed E-state index contributed by atoms with van der Waals surface area (Å²) in [5.74, 6) is 0.367. The van der Waals surface area contributed by atoms with Crippen LogP contribution in [-0.4, -0.2) is 35.1 Å². The number of hydrogen-bond acceptors (Lipinski definition) is 3. The number of likely N-dealkylation sites (N-methyl/N-ethyl adjacent to an activating group) is 1. The molecule has 36 heavy (non-hydrogen) atoms. The first kappa shape index (κ1) is 28.7. The van der Waals surface area contributed by atoms with Gasteiger partial charge in [0.05, 0.1) is 15.8 Å². The van der Waals surface area contributed by atoms with E-state index < -0.39 is 6.04 Å². The Kier molecular flexibility index (Phi) is 11.3. The summed E-state index contributed by atoms with van der Waals surface area (Å²) in [5.41, 5.74) is 2.63. The minimum Gasteiger partial charge on any atom is -0.355 e. The second-order valence-corrected chi connectivity index (χ2v) is 10.7. The predicted molar refractivity (Wildman–Crippen MR) is 152 cm³/mol. The Morgan fingerprint density at radius 2 is 1.64 bits per heavy atom. The van der Waals surface area contributed by atoms with Crippen LogP contribution in [0.15, 0.2) is 66.7 Å². The molecule has 0 aliphatic heterocycles. The highest BCUT2D eigenvalue weighted by Crippen LogP contribution is 2.27. The van der Waals surface area contributed by atoms with Gasteiger partial charge in [-0.2, -0.15) is 0 Å². The van der Waals surface area contributed by atoms with Crippen molar-refractivity contribution >= 4 is 70.0 Å². The molecule has 0 aliphatic carbocycles. The molecule has 3 aromatic rings. The van der Waals surface area contributed by atoms with Crippen LogP contribution >= 0.6 is 58.2 Å². The van der Waals surface area contributed by atoms with Crippen LogP contribution in [0.4, 0.5) is 0 Å². The van der Waals surface area contributed by atoms with Crippen LogP contribution < -0.4 is 5.32 Å². The van der Waals surface area contributed by atoms with Crippen molar-refractivity contribution in [2.24, 2.45) is 0 Å². The van der Waals surface area contributed by atoms with Gasteiger partial charge in [-0.05, 0) is 47.9 Å². The standard InChI is InChI=1S/C27H26Cl4N2O2S/c1-2-32-27(35)25(13-18-6-4-3-5-7-18)33(15-20-9-10-21(28)14-23(20)30)26(34)17-36-16-19-8-11-22(29)24(31)12-19/h3-12,14,25H,2,13,15-17H2,1H3,(H,32,35)/t25-/m0/s1. The lowest BCUT2D eigenvalue weighted by atomic mass is 10.0. The zero-order valence-corrected chi connectivity index (χ0v) is 23.5. The molecule has 0 unspecified atom stereocenters. The summed E-state index contributed by atoms with van der Waals surface area (Å²) in [7, 11) is 0. The van der Waals surface area contributed by atoms with Crippen LogP contribution in [-0.2, 0) is 28.3 Å². The molecule has 0 saturated heterocycles. The van der Waals surface area contributed by atoms with Crippen molar-refractivity contribution in [3.05, 3.63) is 104 Å². The lowest BCUT2D eigenvalue weighted by Crippen LogP contribution is -2.51. The molecule has 0 spiro atoms. The van der Waals surface area contributed by atoms with E-state index in [0.717, 1.165) is 11.1 Å². The monoisotopic (exact) mass is 582 g/mol. The van der Waals surface area contributed by atoms with Gasteiger partial charge >= 0.3 is 0 Å². The summed E-state index contributed by atoms with van der Waals surface area (Å²) in [6, 6.07) is 19.5. The maximum atomic E-state index is 13.6. The molecule has 1 N–H and O–H groups in total. The van der Waals surface area contributed by atoms with Crippen LogP contribution in [0.2, 0.25) is 20.1 Å². The molecular weight excluding hydrogens is 558 g/mol. The van der Waals surface area contributed by atoms with E-state index in [4.69, 9.17) is 46.4 Å². The largest absolute Gasteiger partial charge is 0.355 e. The quantitative estimate of drug-likeness (QED) is 0.257. The van der Waals surface area contributed by atoms with Gasteiger partial charge in [0.15, 0.2) is 0 Å². The second kappa shape index (κ2) is 14.2. The van der Waals surface area contributed by atoms with Gasteiger partial charge in [-0.3, -0.25) is 9.59 Å². The average molecular weight is 584 g/mol. The van der Waals surface area contributed by atoms with Crippen LogP contribution in [0, 0.1) is 0 Å². The number of thioether (sulfide) groups is 1. The maximum Gasteiger partial charge on any atom is 0.243 e. The third-order valence-corrected chi connectivity index (χ3v) is 7.77. The molecule has 0 saturated carbocycles. The van der Waals surface area contributed by atoms with E-state index in [1.165, 1.54) is 11.8 Å². The number of amides is 2. The molecule has 0 aromatic heterocycles. The number of nitrogens with zero attached hydrogens (tertiary/aromatic N) is 1. The van der Waals surface area contributed by atoms with Crippen molar-refractivity contribution in [2.75, 3.05) is 12.3 Å². The third kappa shape index (κ3) is 8.32. The molecular formula is C27H26Cl4N2O2S. The van der Waals surface area contributed by atoms with E-state index in [1.807, 2.05) is 43.3 Å².